The second-order valence-electron chi connectivity index (χ2n) is 0.757. The summed E-state index contributed by atoms with van der Waals surface area (Å²) in [7, 11) is 1.77. The van der Waals surface area contributed by atoms with Crippen molar-refractivity contribution >= 4 is 11.9 Å². The molecule has 1 radical (unpaired) electrons. The van der Waals surface area contributed by atoms with Crippen molar-refractivity contribution in [1.82, 2.24) is 0 Å². The van der Waals surface area contributed by atoms with Crippen LogP contribution in [0.25, 0.3) is 4.72 Å². The SMILES string of the molecule is C/C=C\S[N-]C.[Re]. The van der Waals surface area contributed by atoms with Crippen LogP contribution in [0.15, 0.2) is 11.5 Å². The molecule has 7 heavy (non-hydrogen) atoms. The molecule has 0 saturated heterocycles. The molecule has 0 N–H and O–H groups in total. The predicted molar refractivity (Wildman–Crippen MR) is 31.7 cm³/mol. The van der Waals surface area contributed by atoms with E-state index in [0.717, 1.165) is 0 Å². The minimum absolute atomic E-state index is 0. The van der Waals surface area contributed by atoms with Gasteiger partial charge in [-0.25, -0.2) is 0 Å². The van der Waals surface area contributed by atoms with E-state index in [9.17, 15) is 0 Å². The topological polar surface area (TPSA) is 14.1 Å². The fourth-order valence-corrected chi connectivity index (χ4v) is 0.365. The van der Waals surface area contributed by atoms with Crippen molar-refractivity contribution in [2.45, 2.75) is 6.92 Å². The summed E-state index contributed by atoms with van der Waals surface area (Å²) < 4.78 is 3.76. The summed E-state index contributed by atoms with van der Waals surface area (Å²) in [4.78, 5) is 0. The monoisotopic (exact) mass is 289 g/mol. The molecule has 0 amide bonds. The van der Waals surface area contributed by atoms with Gasteiger partial charge in [0.2, 0.25) is 0 Å². The zero-order valence-electron chi connectivity index (χ0n) is 4.39. The van der Waals surface area contributed by atoms with E-state index in [4.69, 9.17) is 0 Å². The van der Waals surface area contributed by atoms with E-state index in [0.29, 0.717) is 0 Å². The van der Waals surface area contributed by atoms with Crippen LogP contribution in [0, 0.1) is 0 Å². The molecule has 0 aliphatic carbocycles. The molecule has 0 rings (SSSR count). The summed E-state index contributed by atoms with van der Waals surface area (Å²) >= 11 is 1.45. The molecule has 0 aromatic rings. The van der Waals surface area contributed by atoms with E-state index in [-0.39, 0.29) is 20.4 Å². The average Bonchev–Trinajstić information content (AvgIpc) is 1.61. The Morgan fingerprint density at radius 3 is 2.29 bits per heavy atom. The first-order chi connectivity index (χ1) is 2.91. The van der Waals surface area contributed by atoms with Gasteiger partial charge >= 0.3 is 0 Å². The van der Waals surface area contributed by atoms with E-state index < -0.39 is 0 Å². The summed E-state index contributed by atoms with van der Waals surface area (Å²) in [5.74, 6) is 0. The summed E-state index contributed by atoms with van der Waals surface area (Å²) in [5, 5.41) is 1.93. The van der Waals surface area contributed by atoms with Crippen molar-refractivity contribution in [1.29, 1.82) is 0 Å². The Kier molecular flexibility index (Phi) is 15.0. The van der Waals surface area contributed by atoms with Gasteiger partial charge in [0.1, 0.15) is 0 Å². The van der Waals surface area contributed by atoms with Crippen LogP contribution in [0.5, 0.6) is 0 Å². The zero-order chi connectivity index (χ0) is 4.83. The van der Waals surface area contributed by atoms with Gasteiger partial charge in [-0.1, -0.05) is 11.5 Å². The number of nitrogens with zero attached hydrogens (tertiary/aromatic N) is 1. The Bertz CT molecular complexity index is 47.0. The van der Waals surface area contributed by atoms with Gasteiger partial charge in [0.05, 0.1) is 0 Å². The maximum Gasteiger partial charge on any atom is 0 e. The molecule has 1 nitrogen and oxygen atoms in total. The molecule has 43 valence electrons. The van der Waals surface area contributed by atoms with Gasteiger partial charge in [-0.05, 0) is 6.92 Å². The van der Waals surface area contributed by atoms with E-state index in [1.165, 1.54) is 11.9 Å². The van der Waals surface area contributed by atoms with Crippen LogP contribution < -0.4 is 0 Å². The summed E-state index contributed by atoms with van der Waals surface area (Å²) in [5.41, 5.74) is 0. The number of allylic oxidation sites excluding steroid dienone is 1. The van der Waals surface area contributed by atoms with Gasteiger partial charge in [-0.15, -0.1) is 0 Å². The van der Waals surface area contributed by atoms with Gasteiger partial charge in [-0.3, -0.25) is 11.9 Å². The molecule has 0 spiro atoms. The van der Waals surface area contributed by atoms with Crippen molar-refractivity contribution in [2.24, 2.45) is 0 Å². The third-order valence-corrected chi connectivity index (χ3v) is 0.907. The average molecular weight is 288 g/mol. The molecule has 0 aliphatic heterocycles. The molecule has 0 atom stereocenters. The molecule has 0 saturated carbocycles. The van der Waals surface area contributed by atoms with Crippen molar-refractivity contribution in [2.75, 3.05) is 7.05 Å². The molecular formula is C4H8NReS-. The molecule has 0 aliphatic rings. The first-order valence-electron chi connectivity index (χ1n) is 1.78. The molecule has 0 heterocycles. The minimum atomic E-state index is 0. The molecule has 0 unspecified atom stereocenters. The molecular weight excluding hydrogens is 280 g/mol. The van der Waals surface area contributed by atoms with Crippen molar-refractivity contribution in [3.63, 3.8) is 0 Å². The number of hydrogen-bond donors (Lipinski definition) is 0. The number of hydrogen-bond acceptors (Lipinski definition) is 1. The summed E-state index contributed by atoms with van der Waals surface area (Å²) in [6.07, 6.45) is 1.96. The minimum Gasteiger partial charge on any atom is -0.605 e. The standard InChI is InChI=1S/C4H8NS.Re/c1-3-4-6-5-2;/h3-4H,1-2H3;/q-1;/b4-3-;. The Morgan fingerprint density at radius 2 is 2.14 bits per heavy atom. The van der Waals surface area contributed by atoms with Gasteiger partial charge in [0.25, 0.3) is 0 Å². The Hall–Kier alpha value is 0.712. The van der Waals surface area contributed by atoms with Crippen LogP contribution >= 0.6 is 11.9 Å². The summed E-state index contributed by atoms with van der Waals surface area (Å²) in [6, 6.07) is 0. The van der Waals surface area contributed by atoms with Gasteiger partial charge in [0, 0.05) is 20.4 Å². The van der Waals surface area contributed by atoms with Crippen LogP contribution in [0.4, 0.5) is 0 Å². The summed E-state index contributed by atoms with van der Waals surface area (Å²) in [6.45, 7) is 1.97. The third-order valence-electron chi connectivity index (χ3n) is 0.302. The Morgan fingerprint density at radius 1 is 1.57 bits per heavy atom. The van der Waals surface area contributed by atoms with Crippen LogP contribution in [0.2, 0.25) is 0 Å². The van der Waals surface area contributed by atoms with Crippen LogP contribution in [0.3, 0.4) is 0 Å². The Labute approximate surface area is 62.7 Å². The van der Waals surface area contributed by atoms with Crippen LogP contribution in [0.1, 0.15) is 6.92 Å². The van der Waals surface area contributed by atoms with Crippen LogP contribution in [-0.2, 0) is 20.4 Å². The van der Waals surface area contributed by atoms with Crippen molar-refractivity contribution < 1.29 is 20.4 Å². The van der Waals surface area contributed by atoms with E-state index >= 15 is 0 Å². The first kappa shape index (κ1) is 10.6. The first-order valence-corrected chi connectivity index (χ1v) is 2.61. The van der Waals surface area contributed by atoms with E-state index in [1.807, 2.05) is 18.4 Å². The van der Waals surface area contributed by atoms with Crippen LogP contribution in [-0.4, -0.2) is 7.05 Å². The van der Waals surface area contributed by atoms with Gasteiger partial charge in [0.15, 0.2) is 0 Å². The Balaban J connectivity index is 0. The van der Waals surface area contributed by atoms with E-state index in [2.05, 4.69) is 4.72 Å². The fourth-order valence-electron chi connectivity index (χ4n) is 0.122. The molecule has 0 aromatic heterocycles. The maximum atomic E-state index is 3.76. The van der Waals surface area contributed by atoms with E-state index in [1.54, 1.807) is 7.05 Å². The normalized spacial score (nSPS) is 8.86. The quantitative estimate of drug-likeness (QED) is 0.710. The largest absolute Gasteiger partial charge is 0.605 e. The third kappa shape index (κ3) is 10.8. The molecule has 0 fully saturated rings. The molecule has 0 aromatic carbocycles. The maximum absolute atomic E-state index is 3.76. The molecule has 3 heteroatoms. The predicted octanol–water partition coefficient (Wildman–Crippen LogP) is 2.17. The second kappa shape index (κ2) is 9.86. The smallest absolute Gasteiger partial charge is 0 e. The van der Waals surface area contributed by atoms with Crippen molar-refractivity contribution in [3.8, 4) is 0 Å². The van der Waals surface area contributed by atoms with Gasteiger partial charge in [-0.2, -0.15) is 7.05 Å². The van der Waals surface area contributed by atoms with Gasteiger partial charge < -0.3 is 4.72 Å². The zero-order valence-corrected chi connectivity index (χ0v) is 7.92. The second-order valence-corrected chi connectivity index (χ2v) is 1.61. The number of rotatable bonds is 2. The fraction of sp³-hybridized carbons (Fsp3) is 0.500. The van der Waals surface area contributed by atoms with Crippen molar-refractivity contribution in [3.05, 3.63) is 16.2 Å². The molecule has 0 bridgehead atoms.